The highest BCUT2D eigenvalue weighted by atomic mass is 35.5. The summed E-state index contributed by atoms with van der Waals surface area (Å²) in [5.41, 5.74) is 6.20. The number of methoxy groups -OCH3 is 1. The molecule has 0 aliphatic heterocycles. The highest BCUT2D eigenvalue weighted by Gasteiger charge is 2.18. The second-order valence-corrected chi connectivity index (χ2v) is 7.49. The van der Waals surface area contributed by atoms with Gasteiger partial charge < -0.3 is 15.0 Å². The first-order valence-electron chi connectivity index (χ1n) is 9.82. The van der Waals surface area contributed by atoms with Gasteiger partial charge in [0.2, 0.25) is 0 Å². The Morgan fingerprint density at radius 3 is 2.90 bits per heavy atom. The number of fused-ring (bicyclic) bond motifs is 1. The van der Waals surface area contributed by atoms with E-state index in [4.69, 9.17) is 21.6 Å². The van der Waals surface area contributed by atoms with Crippen LogP contribution in [0.1, 0.15) is 16.7 Å². The van der Waals surface area contributed by atoms with Crippen molar-refractivity contribution in [1.29, 1.82) is 5.26 Å². The van der Waals surface area contributed by atoms with E-state index in [-0.39, 0.29) is 0 Å². The summed E-state index contributed by atoms with van der Waals surface area (Å²) in [5.74, 6) is 1.48. The molecule has 2 aromatic heterocycles. The van der Waals surface area contributed by atoms with Crippen molar-refractivity contribution in [2.75, 3.05) is 19.0 Å². The van der Waals surface area contributed by atoms with E-state index in [9.17, 15) is 0 Å². The average Bonchev–Trinajstić information content (AvgIpc) is 3.26. The minimum Gasteiger partial charge on any atom is -0.496 e. The number of nitrogens with one attached hydrogen (secondary N) is 2. The average molecular weight is 433 g/mol. The number of aromatic amines is 1. The summed E-state index contributed by atoms with van der Waals surface area (Å²) >= 11 is 6.60. The first kappa shape index (κ1) is 20.6. The van der Waals surface area contributed by atoms with Crippen LogP contribution in [0.25, 0.3) is 22.3 Å². The Morgan fingerprint density at radius 2 is 2.10 bits per heavy atom. The quantitative estimate of drug-likeness (QED) is 0.438. The van der Waals surface area contributed by atoms with Gasteiger partial charge in [-0.1, -0.05) is 29.8 Å². The van der Waals surface area contributed by atoms with Gasteiger partial charge in [0.25, 0.3) is 0 Å². The zero-order valence-corrected chi connectivity index (χ0v) is 18.0. The molecule has 0 spiro atoms. The van der Waals surface area contributed by atoms with Gasteiger partial charge in [-0.05, 0) is 47.7 Å². The molecular weight excluding hydrogens is 412 g/mol. The first-order valence-corrected chi connectivity index (χ1v) is 10.2. The van der Waals surface area contributed by atoms with Crippen LogP contribution in [0.2, 0.25) is 5.02 Å². The van der Waals surface area contributed by atoms with Gasteiger partial charge in [-0.2, -0.15) is 5.26 Å². The van der Waals surface area contributed by atoms with Crippen LogP contribution in [-0.2, 0) is 12.8 Å². The monoisotopic (exact) mass is 432 g/mol. The van der Waals surface area contributed by atoms with Gasteiger partial charge in [0.05, 0.1) is 25.9 Å². The van der Waals surface area contributed by atoms with Crippen molar-refractivity contribution in [3.05, 3.63) is 64.7 Å². The second kappa shape index (κ2) is 9.02. The van der Waals surface area contributed by atoms with Crippen molar-refractivity contribution in [2.45, 2.75) is 19.8 Å². The third kappa shape index (κ3) is 4.16. The SMILES string of the molecule is COc1c(CCNc2ncnc3nc[nH]c23)cc(Cl)c(C)c1-c1cccc(CC#N)c1. The third-order valence-electron chi connectivity index (χ3n) is 5.17. The molecule has 0 unspecified atom stereocenters. The summed E-state index contributed by atoms with van der Waals surface area (Å²) < 4.78 is 5.83. The van der Waals surface area contributed by atoms with E-state index in [1.54, 1.807) is 13.4 Å². The summed E-state index contributed by atoms with van der Waals surface area (Å²) in [6, 6.07) is 12.1. The number of hydrogen-bond acceptors (Lipinski definition) is 6. The van der Waals surface area contributed by atoms with Crippen LogP contribution in [-0.4, -0.2) is 33.6 Å². The molecule has 0 aliphatic rings. The summed E-state index contributed by atoms with van der Waals surface area (Å²) in [6.45, 7) is 2.60. The van der Waals surface area contributed by atoms with Crippen molar-refractivity contribution in [3.63, 3.8) is 0 Å². The molecule has 2 N–H and O–H groups in total. The Labute approximate surface area is 185 Å². The van der Waals surface area contributed by atoms with Crippen molar-refractivity contribution in [2.24, 2.45) is 0 Å². The largest absolute Gasteiger partial charge is 0.496 e. The molecule has 0 atom stereocenters. The molecule has 2 aromatic carbocycles. The molecule has 31 heavy (non-hydrogen) atoms. The van der Waals surface area contributed by atoms with Gasteiger partial charge in [0.1, 0.15) is 17.6 Å². The molecule has 0 fully saturated rings. The molecule has 0 saturated heterocycles. The maximum absolute atomic E-state index is 9.05. The lowest BCUT2D eigenvalue weighted by Gasteiger charge is -2.18. The number of nitrogens with zero attached hydrogens (tertiary/aromatic N) is 4. The van der Waals surface area contributed by atoms with E-state index in [0.717, 1.165) is 39.1 Å². The molecule has 7 nitrogen and oxygen atoms in total. The normalized spacial score (nSPS) is 10.8. The fourth-order valence-corrected chi connectivity index (χ4v) is 3.91. The highest BCUT2D eigenvalue weighted by Crippen LogP contribution is 2.40. The molecule has 0 radical (unpaired) electrons. The number of imidazole rings is 1. The lowest BCUT2D eigenvalue weighted by Crippen LogP contribution is -2.09. The van der Waals surface area contributed by atoms with Crippen LogP contribution in [0.5, 0.6) is 5.75 Å². The highest BCUT2D eigenvalue weighted by molar-refractivity contribution is 6.32. The number of ether oxygens (including phenoxy) is 1. The fraction of sp³-hybridized carbons (Fsp3) is 0.217. The Balaban J connectivity index is 1.65. The van der Waals surface area contributed by atoms with Crippen molar-refractivity contribution >= 4 is 28.6 Å². The van der Waals surface area contributed by atoms with Crippen LogP contribution >= 0.6 is 11.6 Å². The molecule has 8 heteroatoms. The zero-order valence-electron chi connectivity index (χ0n) is 17.2. The van der Waals surface area contributed by atoms with E-state index >= 15 is 0 Å². The van der Waals surface area contributed by atoms with Gasteiger partial charge in [0.15, 0.2) is 11.5 Å². The lowest BCUT2D eigenvalue weighted by molar-refractivity contribution is 0.411. The number of hydrogen-bond donors (Lipinski definition) is 2. The van der Waals surface area contributed by atoms with Crippen molar-refractivity contribution in [3.8, 4) is 22.9 Å². The standard InChI is InChI=1S/C23H21ClN6O/c1-14-18(24)11-17(7-9-26-22-20-23(28-12-27-20)30-13-29-22)21(31-2)19(14)16-5-3-4-15(10-16)6-8-25/h3-5,10-13H,6-7,9H2,1-2H3,(H2,26,27,28,29,30). The fourth-order valence-electron chi connectivity index (χ4n) is 3.69. The third-order valence-corrected chi connectivity index (χ3v) is 5.56. The number of H-pyrrole nitrogens is 1. The summed E-state index contributed by atoms with van der Waals surface area (Å²) in [7, 11) is 1.67. The predicted octanol–water partition coefficient (Wildman–Crippen LogP) is 4.71. The van der Waals surface area contributed by atoms with Crippen LogP contribution in [0.4, 0.5) is 5.82 Å². The van der Waals surface area contributed by atoms with E-state index < -0.39 is 0 Å². The molecule has 156 valence electrons. The van der Waals surface area contributed by atoms with E-state index in [0.29, 0.717) is 35.9 Å². The molecule has 0 aliphatic carbocycles. The number of aromatic nitrogens is 4. The number of benzene rings is 2. The van der Waals surface area contributed by atoms with Gasteiger partial charge in [-0.25, -0.2) is 15.0 Å². The number of rotatable bonds is 7. The predicted molar refractivity (Wildman–Crippen MR) is 121 cm³/mol. The zero-order chi connectivity index (χ0) is 21.8. The summed E-state index contributed by atoms with van der Waals surface area (Å²) in [4.78, 5) is 15.6. The smallest absolute Gasteiger partial charge is 0.182 e. The van der Waals surface area contributed by atoms with E-state index in [1.165, 1.54) is 6.33 Å². The van der Waals surface area contributed by atoms with Crippen LogP contribution < -0.4 is 10.1 Å². The number of anilines is 1. The molecular formula is C23H21ClN6O. The van der Waals surface area contributed by atoms with Gasteiger partial charge >= 0.3 is 0 Å². The molecule has 0 bridgehead atoms. The van der Waals surface area contributed by atoms with Gasteiger partial charge in [-0.3, -0.25) is 0 Å². The van der Waals surface area contributed by atoms with E-state index in [1.807, 2.05) is 37.3 Å². The number of nitriles is 1. The van der Waals surface area contributed by atoms with E-state index in [2.05, 4.69) is 31.3 Å². The minimum absolute atomic E-state index is 0.355. The van der Waals surface area contributed by atoms with Crippen LogP contribution in [0, 0.1) is 18.3 Å². The van der Waals surface area contributed by atoms with Crippen LogP contribution in [0.15, 0.2) is 43.0 Å². The number of halogens is 1. The Kier molecular flexibility index (Phi) is 6.01. The Morgan fingerprint density at radius 1 is 1.23 bits per heavy atom. The topological polar surface area (TPSA) is 99.5 Å². The maximum Gasteiger partial charge on any atom is 0.182 e. The molecule has 0 amide bonds. The lowest BCUT2D eigenvalue weighted by atomic mass is 9.93. The molecule has 0 saturated carbocycles. The van der Waals surface area contributed by atoms with Gasteiger partial charge in [0, 0.05) is 17.1 Å². The second-order valence-electron chi connectivity index (χ2n) is 7.09. The minimum atomic E-state index is 0.355. The van der Waals surface area contributed by atoms with Crippen LogP contribution in [0.3, 0.4) is 0 Å². The first-order chi connectivity index (χ1) is 15.1. The molecule has 2 heterocycles. The maximum atomic E-state index is 9.05. The van der Waals surface area contributed by atoms with Crippen molar-refractivity contribution < 1.29 is 4.74 Å². The summed E-state index contributed by atoms with van der Waals surface area (Å²) in [6.07, 6.45) is 4.11. The summed E-state index contributed by atoms with van der Waals surface area (Å²) in [5, 5.41) is 13.1. The molecule has 4 rings (SSSR count). The van der Waals surface area contributed by atoms with Crippen molar-refractivity contribution in [1.82, 2.24) is 19.9 Å². The van der Waals surface area contributed by atoms with Gasteiger partial charge in [-0.15, -0.1) is 0 Å². The Bertz CT molecular complexity index is 1280. The Hall–Kier alpha value is -3.63. The molecule has 4 aromatic rings.